The molecule has 0 bridgehead atoms. The van der Waals surface area contributed by atoms with E-state index in [1.54, 1.807) is 12.3 Å². The molecular formula is C19H23N2O4+. The number of rotatable bonds is 6. The number of carbonyl (C=O) groups excluding carboxylic acids is 1. The highest BCUT2D eigenvalue weighted by molar-refractivity contribution is 5.84. The maximum atomic E-state index is 12.0. The Labute approximate surface area is 147 Å². The third-order valence-electron chi connectivity index (χ3n) is 3.83. The lowest BCUT2D eigenvalue weighted by atomic mass is 10.1. The second-order valence-corrected chi connectivity index (χ2v) is 5.97. The second kappa shape index (κ2) is 8.30. The molecule has 0 aliphatic heterocycles. The molecule has 0 heterocycles. The highest BCUT2D eigenvalue weighted by atomic mass is 16.5. The number of benzene rings is 2. The molecule has 0 saturated carbocycles. The Morgan fingerprint density at radius 1 is 1.16 bits per heavy atom. The van der Waals surface area contributed by atoms with E-state index in [0.717, 1.165) is 11.3 Å². The summed E-state index contributed by atoms with van der Waals surface area (Å²) in [6.45, 7) is 0. The number of nitrogens with zero attached hydrogens (tertiary/aromatic N) is 1. The number of quaternary nitrogens is 1. The SMILES string of the molecule is COC(=O)C(Cc1ccc(O)c(O)c1)N=Cc1ccc([NH+](C)C)cc1. The minimum Gasteiger partial charge on any atom is -0.504 e. The minimum absolute atomic E-state index is 0.204. The summed E-state index contributed by atoms with van der Waals surface area (Å²) >= 11 is 0. The third-order valence-corrected chi connectivity index (χ3v) is 3.83. The van der Waals surface area contributed by atoms with E-state index in [0.29, 0.717) is 5.56 Å². The van der Waals surface area contributed by atoms with Gasteiger partial charge < -0.3 is 19.8 Å². The zero-order valence-electron chi connectivity index (χ0n) is 14.6. The van der Waals surface area contributed by atoms with Crippen LogP contribution in [0.4, 0.5) is 5.69 Å². The van der Waals surface area contributed by atoms with Gasteiger partial charge in [0.15, 0.2) is 17.5 Å². The van der Waals surface area contributed by atoms with Crippen molar-refractivity contribution in [1.82, 2.24) is 0 Å². The standard InChI is InChI=1S/C19H22N2O4/c1-21(2)15-7-4-13(5-8-15)12-20-16(19(24)25-3)10-14-6-9-17(22)18(23)11-14/h4-9,11-12,16,22-23H,10H2,1-3H3/p+1. The molecule has 0 saturated heterocycles. The second-order valence-electron chi connectivity index (χ2n) is 5.97. The van der Waals surface area contributed by atoms with Gasteiger partial charge in [-0.1, -0.05) is 6.07 Å². The molecule has 25 heavy (non-hydrogen) atoms. The van der Waals surface area contributed by atoms with Gasteiger partial charge in [0.25, 0.3) is 0 Å². The topological polar surface area (TPSA) is 83.6 Å². The predicted octanol–water partition coefficient (Wildman–Crippen LogP) is 1.08. The van der Waals surface area contributed by atoms with Gasteiger partial charge in [0.05, 0.1) is 21.2 Å². The third kappa shape index (κ3) is 5.06. The molecule has 0 aromatic heterocycles. The molecule has 2 rings (SSSR count). The number of hydrogen-bond acceptors (Lipinski definition) is 5. The summed E-state index contributed by atoms with van der Waals surface area (Å²) in [6, 6.07) is 11.6. The van der Waals surface area contributed by atoms with Gasteiger partial charge in [0, 0.05) is 12.6 Å². The van der Waals surface area contributed by atoms with Gasteiger partial charge in [-0.15, -0.1) is 0 Å². The zero-order chi connectivity index (χ0) is 18.4. The molecule has 0 amide bonds. The fourth-order valence-electron chi connectivity index (χ4n) is 2.33. The van der Waals surface area contributed by atoms with Gasteiger partial charge in [-0.05, 0) is 47.5 Å². The molecule has 0 aliphatic carbocycles. The van der Waals surface area contributed by atoms with Crippen LogP contribution in [0, 0.1) is 0 Å². The number of phenolic OH excluding ortho intramolecular Hbond substituents is 2. The van der Waals surface area contributed by atoms with Gasteiger partial charge in [0.1, 0.15) is 5.69 Å². The quantitative estimate of drug-likeness (QED) is 0.416. The Morgan fingerprint density at radius 3 is 2.40 bits per heavy atom. The first-order chi connectivity index (χ1) is 11.9. The van der Waals surface area contributed by atoms with E-state index in [4.69, 9.17) is 4.74 Å². The van der Waals surface area contributed by atoms with E-state index in [9.17, 15) is 15.0 Å². The van der Waals surface area contributed by atoms with Crippen molar-refractivity contribution in [3.63, 3.8) is 0 Å². The molecule has 0 fully saturated rings. The molecule has 3 N–H and O–H groups in total. The van der Waals surface area contributed by atoms with Crippen molar-refractivity contribution in [2.45, 2.75) is 12.5 Å². The monoisotopic (exact) mass is 343 g/mol. The Hall–Kier alpha value is -2.86. The number of aliphatic imine (C=N–C) groups is 1. The fraction of sp³-hybridized carbons (Fsp3) is 0.263. The number of esters is 1. The summed E-state index contributed by atoms with van der Waals surface area (Å²) in [5, 5.41) is 19.0. The smallest absolute Gasteiger partial charge is 0.330 e. The summed E-state index contributed by atoms with van der Waals surface area (Å²) in [5.74, 6) is -0.893. The first-order valence-electron chi connectivity index (χ1n) is 7.93. The average Bonchev–Trinajstić information content (AvgIpc) is 2.61. The number of methoxy groups -OCH3 is 1. The lowest BCUT2D eigenvalue weighted by Gasteiger charge is -2.11. The Morgan fingerprint density at radius 2 is 1.84 bits per heavy atom. The Bertz CT molecular complexity index is 755. The molecule has 0 radical (unpaired) electrons. The summed E-state index contributed by atoms with van der Waals surface area (Å²) in [4.78, 5) is 17.5. The molecule has 2 aromatic rings. The van der Waals surface area contributed by atoms with Crippen LogP contribution in [0.2, 0.25) is 0 Å². The van der Waals surface area contributed by atoms with Gasteiger partial charge in [-0.25, -0.2) is 4.79 Å². The van der Waals surface area contributed by atoms with E-state index in [1.807, 2.05) is 38.4 Å². The number of nitrogens with one attached hydrogen (secondary N) is 1. The summed E-state index contributed by atoms with van der Waals surface area (Å²) < 4.78 is 4.81. The van der Waals surface area contributed by atoms with Crippen molar-refractivity contribution >= 4 is 17.9 Å². The summed E-state index contributed by atoms with van der Waals surface area (Å²) in [6.07, 6.45) is 1.90. The summed E-state index contributed by atoms with van der Waals surface area (Å²) in [7, 11) is 5.40. The van der Waals surface area contributed by atoms with Crippen LogP contribution in [-0.4, -0.2) is 49.6 Å². The van der Waals surface area contributed by atoms with E-state index in [2.05, 4.69) is 4.99 Å². The van der Waals surface area contributed by atoms with Crippen molar-refractivity contribution in [2.24, 2.45) is 4.99 Å². The number of hydrogen-bond donors (Lipinski definition) is 3. The lowest BCUT2D eigenvalue weighted by Crippen LogP contribution is -3.00. The van der Waals surface area contributed by atoms with E-state index < -0.39 is 12.0 Å². The van der Waals surface area contributed by atoms with Gasteiger partial charge in [0.2, 0.25) is 0 Å². The molecule has 1 unspecified atom stereocenters. The largest absolute Gasteiger partial charge is 0.504 e. The van der Waals surface area contributed by atoms with Crippen LogP contribution in [0.1, 0.15) is 11.1 Å². The first kappa shape index (κ1) is 18.5. The first-order valence-corrected chi connectivity index (χ1v) is 7.93. The molecule has 132 valence electrons. The number of ether oxygens (including phenoxy) is 1. The van der Waals surface area contributed by atoms with Gasteiger partial charge in [-0.3, -0.25) is 4.99 Å². The van der Waals surface area contributed by atoms with Crippen LogP contribution in [0.15, 0.2) is 47.5 Å². The van der Waals surface area contributed by atoms with Crippen LogP contribution >= 0.6 is 0 Å². The molecule has 2 aromatic carbocycles. The Balaban J connectivity index is 2.16. The van der Waals surface area contributed by atoms with Crippen LogP contribution < -0.4 is 4.90 Å². The molecule has 0 aliphatic rings. The lowest BCUT2D eigenvalue weighted by molar-refractivity contribution is -0.786. The number of aromatic hydroxyl groups is 2. The Kier molecular flexibility index (Phi) is 6.14. The highest BCUT2D eigenvalue weighted by Crippen LogP contribution is 2.25. The van der Waals surface area contributed by atoms with Crippen molar-refractivity contribution < 1.29 is 24.6 Å². The maximum absolute atomic E-state index is 12.0. The molecule has 0 spiro atoms. The van der Waals surface area contributed by atoms with Gasteiger partial charge in [-0.2, -0.15) is 0 Å². The molecule has 6 nitrogen and oxygen atoms in total. The van der Waals surface area contributed by atoms with Crippen molar-refractivity contribution in [1.29, 1.82) is 0 Å². The van der Waals surface area contributed by atoms with Crippen LogP contribution in [0.5, 0.6) is 11.5 Å². The van der Waals surface area contributed by atoms with Crippen LogP contribution in [-0.2, 0) is 16.0 Å². The van der Waals surface area contributed by atoms with Crippen LogP contribution in [0.25, 0.3) is 0 Å². The van der Waals surface area contributed by atoms with E-state index in [-0.39, 0.29) is 17.9 Å². The predicted molar refractivity (Wildman–Crippen MR) is 95.8 cm³/mol. The minimum atomic E-state index is -0.729. The fourth-order valence-corrected chi connectivity index (χ4v) is 2.33. The number of carbonyl (C=O) groups is 1. The van der Waals surface area contributed by atoms with Crippen LogP contribution in [0.3, 0.4) is 0 Å². The molecule has 6 heteroatoms. The van der Waals surface area contributed by atoms with Gasteiger partial charge >= 0.3 is 5.97 Å². The average molecular weight is 343 g/mol. The maximum Gasteiger partial charge on any atom is 0.330 e. The zero-order valence-corrected chi connectivity index (χ0v) is 14.6. The van der Waals surface area contributed by atoms with E-state index in [1.165, 1.54) is 24.1 Å². The van der Waals surface area contributed by atoms with Crippen molar-refractivity contribution in [3.05, 3.63) is 53.6 Å². The van der Waals surface area contributed by atoms with Crippen molar-refractivity contribution in [2.75, 3.05) is 21.2 Å². The van der Waals surface area contributed by atoms with Crippen molar-refractivity contribution in [3.8, 4) is 11.5 Å². The summed E-state index contributed by atoms with van der Waals surface area (Å²) in [5.41, 5.74) is 2.71. The molecule has 1 atom stereocenters. The molecular weight excluding hydrogens is 320 g/mol. The van der Waals surface area contributed by atoms with E-state index >= 15 is 0 Å². The number of phenols is 2. The highest BCUT2D eigenvalue weighted by Gasteiger charge is 2.18. The normalized spacial score (nSPS) is 12.5.